The van der Waals surface area contributed by atoms with Gasteiger partial charge in [-0.05, 0) is 19.1 Å². The molecule has 0 N–H and O–H groups in total. The lowest BCUT2D eigenvalue weighted by molar-refractivity contribution is -0.0126. The van der Waals surface area contributed by atoms with Crippen molar-refractivity contribution >= 4 is 23.2 Å². The van der Waals surface area contributed by atoms with E-state index in [0.29, 0.717) is 31.0 Å². The van der Waals surface area contributed by atoms with Gasteiger partial charge >= 0.3 is 0 Å². The molecule has 1 aliphatic heterocycles. The molecule has 0 aromatic carbocycles. The number of carbonyl (C=O) groups excluding carboxylic acids is 1. The van der Waals surface area contributed by atoms with Crippen LogP contribution in [0.1, 0.15) is 17.4 Å². The fourth-order valence-corrected chi connectivity index (χ4v) is 2.57. The number of pyridine rings is 1. The van der Waals surface area contributed by atoms with E-state index in [1.165, 1.54) is 0 Å². The molecular formula is C13H14ClN3O2. The summed E-state index contributed by atoms with van der Waals surface area (Å²) in [6.45, 7) is 3.67. The molecule has 1 amide bonds. The molecule has 1 fully saturated rings. The summed E-state index contributed by atoms with van der Waals surface area (Å²) in [6, 6.07) is 5.54. The fraction of sp³-hybridized carbons (Fsp3) is 0.385. The predicted octanol–water partition coefficient (Wildman–Crippen LogP) is 1.85. The molecule has 0 aliphatic carbocycles. The highest BCUT2D eigenvalue weighted by molar-refractivity contribution is 6.32. The van der Waals surface area contributed by atoms with Crippen molar-refractivity contribution in [2.24, 2.45) is 0 Å². The van der Waals surface area contributed by atoms with Crippen molar-refractivity contribution < 1.29 is 9.53 Å². The molecule has 6 heteroatoms. The number of hydrogen-bond acceptors (Lipinski definition) is 3. The summed E-state index contributed by atoms with van der Waals surface area (Å²) in [5.74, 6) is -0.0983. The molecule has 100 valence electrons. The number of halogens is 1. The zero-order chi connectivity index (χ0) is 13.4. The first kappa shape index (κ1) is 12.4. The van der Waals surface area contributed by atoms with Crippen LogP contribution in [0.5, 0.6) is 0 Å². The molecule has 19 heavy (non-hydrogen) atoms. The summed E-state index contributed by atoms with van der Waals surface area (Å²) in [5, 5.41) is 0.246. The molecule has 1 saturated heterocycles. The Morgan fingerprint density at radius 1 is 1.53 bits per heavy atom. The summed E-state index contributed by atoms with van der Waals surface area (Å²) < 4.78 is 7.17. The minimum atomic E-state index is -0.0983. The van der Waals surface area contributed by atoms with E-state index in [2.05, 4.69) is 4.98 Å². The highest BCUT2D eigenvalue weighted by Crippen LogP contribution is 2.20. The maximum absolute atomic E-state index is 12.6. The van der Waals surface area contributed by atoms with Crippen LogP contribution in [0, 0.1) is 0 Å². The number of aromatic nitrogens is 2. The van der Waals surface area contributed by atoms with Gasteiger partial charge in [0.25, 0.3) is 5.91 Å². The molecule has 0 spiro atoms. The Balaban J connectivity index is 1.99. The van der Waals surface area contributed by atoms with Crippen LogP contribution in [-0.4, -0.2) is 46.0 Å². The van der Waals surface area contributed by atoms with Gasteiger partial charge in [0.1, 0.15) is 5.65 Å². The number of amides is 1. The zero-order valence-corrected chi connectivity index (χ0v) is 11.3. The van der Waals surface area contributed by atoms with E-state index in [9.17, 15) is 4.79 Å². The number of rotatable bonds is 1. The molecule has 0 bridgehead atoms. The van der Waals surface area contributed by atoms with Gasteiger partial charge in [0.05, 0.1) is 12.7 Å². The van der Waals surface area contributed by atoms with Crippen molar-refractivity contribution in [1.82, 2.24) is 14.3 Å². The monoisotopic (exact) mass is 279 g/mol. The van der Waals surface area contributed by atoms with E-state index in [4.69, 9.17) is 16.3 Å². The molecule has 2 aromatic rings. The van der Waals surface area contributed by atoms with Crippen molar-refractivity contribution in [3.63, 3.8) is 0 Å². The number of fused-ring (bicyclic) bond motifs is 1. The van der Waals surface area contributed by atoms with E-state index < -0.39 is 0 Å². The second-order valence-corrected chi connectivity index (χ2v) is 4.97. The van der Waals surface area contributed by atoms with Crippen LogP contribution in [0.25, 0.3) is 5.65 Å². The first-order valence-electron chi connectivity index (χ1n) is 6.20. The Hall–Kier alpha value is -1.59. The van der Waals surface area contributed by atoms with E-state index in [1.54, 1.807) is 15.5 Å². The third-order valence-electron chi connectivity index (χ3n) is 3.22. The maximum Gasteiger partial charge on any atom is 0.274 e. The average Bonchev–Trinajstić information content (AvgIpc) is 2.74. The fourth-order valence-electron chi connectivity index (χ4n) is 2.31. The van der Waals surface area contributed by atoms with Crippen molar-refractivity contribution in [3.8, 4) is 0 Å². The minimum absolute atomic E-state index is 0.0515. The van der Waals surface area contributed by atoms with E-state index in [0.717, 1.165) is 0 Å². The van der Waals surface area contributed by atoms with E-state index in [-0.39, 0.29) is 17.2 Å². The molecule has 1 aliphatic rings. The lowest BCUT2D eigenvalue weighted by Crippen LogP contribution is -2.44. The Morgan fingerprint density at radius 2 is 2.37 bits per heavy atom. The quantitative estimate of drug-likeness (QED) is 0.800. The molecule has 0 unspecified atom stereocenters. The van der Waals surface area contributed by atoms with Crippen LogP contribution in [0.15, 0.2) is 24.4 Å². The Bertz CT molecular complexity index is 625. The Labute approximate surface area is 115 Å². The van der Waals surface area contributed by atoms with Gasteiger partial charge in [-0.1, -0.05) is 17.7 Å². The Morgan fingerprint density at radius 3 is 3.16 bits per heavy atom. The molecule has 0 radical (unpaired) electrons. The van der Waals surface area contributed by atoms with Gasteiger partial charge in [-0.2, -0.15) is 0 Å². The number of nitrogens with zero attached hydrogens (tertiary/aromatic N) is 3. The van der Waals surface area contributed by atoms with Gasteiger partial charge in [0, 0.05) is 19.3 Å². The van der Waals surface area contributed by atoms with Crippen LogP contribution in [0.2, 0.25) is 5.15 Å². The lowest BCUT2D eigenvalue weighted by Gasteiger charge is -2.31. The summed E-state index contributed by atoms with van der Waals surface area (Å²) in [7, 11) is 0. The smallest absolute Gasteiger partial charge is 0.274 e. The highest BCUT2D eigenvalue weighted by atomic mass is 35.5. The second kappa shape index (κ2) is 4.83. The first-order chi connectivity index (χ1) is 9.16. The van der Waals surface area contributed by atoms with Gasteiger partial charge in [0.15, 0.2) is 10.8 Å². The largest absolute Gasteiger partial charge is 0.375 e. The number of carbonyl (C=O) groups is 1. The van der Waals surface area contributed by atoms with Gasteiger partial charge < -0.3 is 9.64 Å². The van der Waals surface area contributed by atoms with Gasteiger partial charge in [-0.3, -0.25) is 9.20 Å². The van der Waals surface area contributed by atoms with Crippen LogP contribution >= 0.6 is 11.6 Å². The number of hydrogen-bond donors (Lipinski definition) is 0. The standard InChI is InChI=1S/C13H14ClN3O2/c1-9-8-16(6-7-19-9)13(18)11-12(14)15-10-4-2-3-5-17(10)11/h2-5,9H,6-8H2,1H3/t9-/m0/s1. The summed E-state index contributed by atoms with van der Waals surface area (Å²) in [4.78, 5) is 18.5. The number of imidazole rings is 1. The van der Waals surface area contributed by atoms with Crippen molar-refractivity contribution in [2.45, 2.75) is 13.0 Å². The van der Waals surface area contributed by atoms with Crippen molar-refractivity contribution in [3.05, 3.63) is 35.2 Å². The van der Waals surface area contributed by atoms with Gasteiger partial charge in [0.2, 0.25) is 0 Å². The zero-order valence-electron chi connectivity index (χ0n) is 10.5. The van der Waals surface area contributed by atoms with Crippen LogP contribution in [0.3, 0.4) is 0 Å². The lowest BCUT2D eigenvalue weighted by atomic mass is 10.2. The molecule has 3 heterocycles. The number of ether oxygens (including phenoxy) is 1. The minimum Gasteiger partial charge on any atom is -0.375 e. The number of morpholine rings is 1. The summed E-state index contributed by atoms with van der Waals surface area (Å²) in [6.07, 6.45) is 1.85. The Kier molecular flexibility index (Phi) is 3.16. The highest BCUT2D eigenvalue weighted by Gasteiger charge is 2.27. The topological polar surface area (TPSA) is 46.8 Å². The summed E-state index contributed by atoms with van der Waals surface area (Å²) in [5.41, 5.74) is 1.10. The van der Waals surface area contributed by atoms with Crippen LogP contribution in [-0.2, 0) is 4.74 Å². The molecule has 2 aromatic heterocycles. The normalized spacial score (nSPS) is 19.9. The average molecular weight is 280 g/mol. The second-order valence-electron chi connectivity index (χ2n) is 4.61. The van der Waals surface area contributed by atoms with Crippen molar-refractivity contribution in [2.75, 3.05) is 19.7 Å². The van der Waals surface area contributed by atoms with Gasteiger partial charge in [-0.15, -0.1) is 0 Å². The maximum atomic E-state index is 12.6. The van der Waals surface area contributed by atoms with Crippen molar-refractivity contribution in [1.29, 1.82) is 0 Å². The summed E-state index contributed by atoms with van der Waals surface area (Å²) >= 11 is 6.11. The van der Waals surface area contributed by atoms with E-state index >= 15 is 0 Å². The van der Waals surface area contributed by atoms with E-state index in [1.807, 2.05) is 25.1 Å². The predicted molar refractivity (Wildman–Crippen MR) is 71.5 cm³/mol. The van der Waals surface area contributed by atoms with Crippen LogP contribution < -0.4 is 0 Å². The van der Waals surface area contributed by atoms with Crippen LogP contribution in [0.4, 0.5) is 0 Å². The molecule has 1 atom stereocenters. The van der Waals surface area contributed by atoms with Gasteiger partial charge in [-0.25, -0.2) is 4.98 Å². The molecule has 3 rings (SSSR count). The molecule has 0 saturated carbocycles. The first-order valence-corrected chi connectivity index (χ1v) is 6.58. The third-order valence-corrected chi connectivity index (χ3v) is 3.48. The SMILES string of the molecule is C[C@H]1CN(C(=O)c2c(Cl)nc3ccccn23)CCO1. The third kappa shape index (κ3) is 2.19. The molecular weight excluding hydrogens is 266 g/mol. The molecule has 5 nitrogen and oxygen atoms in total.